The third kappa shape index (κ3) is 5.81. The Morgan fingerprint density at radius 3 is 2.42 bits per heavy atom. The van der Waals surface area contributed by atoms with E-state index in [1.54, 1.807) is 6.07 Å². The van der Waals surface area contributed by atoms with E-state index in [4.69, 9.17) is 0 Å². The van der Waals surface area contributed by atoms with Gasteiger partial charge in [0.05, 0.1) is 11.6 Å². The van der Waals surface area contributed by atoms with Crippen LogP contribution in [0.5, 0.6) is 0 Å². The van der Waals surface area contributed by atoms with Crippen molar-refractivity contribution >= 4 is 28.8 Å². The van der Waals surface area contributed by atoms with E-state index >= 15 is 0 Å². The largest absolute Gasteiger partial charge is 0.358 e. The van der Waals surface area contributed by atoms with Crippen molar-refractivity contribution in [1.82, 2.24) is 10.2 Å². The number of hydrogen-bond donors (Lipinski definition) is 3. The second kappa shape index (κ2) is 11.7. The zero-order valence-corrected chi connectivity index (χ0v) is 22.2. The molecule has 2 heterocycles. The van der Waals surface area contributed by atoms with E-state index in [-0.39, 0.29) is 17.9 Å². The van der Waals surface area contributed by atoms with E-state index in [1.165, 1.54) is 37.9 Å². The fourth-order valence-corrected chi connectivity index (χ4v) is 5.28. The molecular formula is C32H36N4O2. The zero-order valence-electron chi connectivity index (χ0n) is 22.2. The predicted molar refractivity (Wildman–Crippen MR) is 154 cm³/mol. The molecule has 0 unspecified atom stereocenters. The molecule has 6 heteroatoms. The van der Waals surface area contributed by atoms with Gasteiger partial charge in [0.15, 0.2) is 0 Å². The minimum Gasteiger partial charge on any atom is -0.358 e. The van der Waals surface area contributed by atoms with E-state index in [1.807, 2.05) is 56.3 Å². The minimum atomic E-state index is -0.168. The first-order chi connectivity index (χ1) is 18.5. The Balaban J connectivity index is 1.34. The Morgan fingerprint density at radius 1 is 0.974 bits per heavy atom. The molecule has 3 N–H and O–H groups in total. The van der Waals surface area contributed by atoms with Gasteiger partial charge in [-0.3, -0.25) is 14.5 Å². The van der Waals surface area contributed by atoms with Crippen LogP contribution in [0.25, 0.3) is 5.57 Å². The Bertz CT molecular complexity index is 1330. The van der Waals surface area contributed by atoms with Crippen molar-refractivity contribution in [1.29, 1.82) is 0 Å². The van der Waals surface area contributed by atoms with Gasteiger partial charge in [-0.2, -0.15) is 0 Å². The first kappa shape index (κ1) is 25.7. The maximum atomic E-state index is 13.1. The van der Waals surface area contributed by atoms with Gasteiger partial charge in [0.25, 0.3) is 11.8 Å². The number of nitrogens with one attached hydrogen (secondary N) is 3. The molecule has 196 valence electrons. The molecule has 3 aromatic carbocycles. The monoisotopic (exact) mass is 508 g/mol. The van der Waals surface area contributed by atoms with Crippen LogP contribution in [-0.4, -0.2) is 29.8 Å². The Labute approximate surface area is 225 Å². The van der Waals surface area contributed by atoms with Gasteiger partial charge in [0.2, 0.25) is 0 Å². The lowest BCUT2D eigenvalue weighted by Crippen LogP contribution is -2.29. The zero-order chi connectivity index (χ0) is 26.5. The molecule has 38 heavy (non-hydrogen) atoms. The van der Waals surface area contributed by atoms with Crippen LogP contribution in [0.15, 0.2) is 78.5 Å². The average molecular weight is 509 g/mol. The molecule has 2 aliphatic heterocycles. The summed E-state index contributed by atoms with van der Waals surface area (Å²) in [6, 6.07) is 23.6. The highest BCUT2D eigenvalue weighted by atomic mass is 16.2. The molecule has 2 amide bonds. The SMILES string of the molecule is CCC(Nc1ccc(CN2CCCCC2)cc1)=C1C(=O)Nc2ccc(C(=O)N[C@H](C)c3ccccc3)cc21. The third-order valence-electron chi connectivity index (χ3n) is 7.43. The number of anilines is 2. The summed E-state index contributed by atoms with van der Waals surface area (Å²) in [6.45, 7) is 7.32. The number of hydrogen-bond acceptors (Lipinski definition) is 4. The molecular weight excluding hydrogens is 472 g/mol. The van der Waals surface area contributed by atoms with Crippen LogP contribution >= 0.6 is 0 Å². The normalized spacial score (nSPS) is 17.4. The van der Waals surface area contributed by atoms with Crippen LogP contribution in [-0.2, 0) is 11.3 Å². The quantitative estimate of drug-likeness (QED) is 0.310. The predicted octanol–water partition coefficient (Wildman–Crippen LogP) is 6.35. The van der Waals surface area contributed by atoms with Gasteiger partial charge in [-0.05, 0) is 80.7 Å². The summed E-state index contributed by atoms with van der Waals surface area (Å²) < 4.78 is 0. The number of rotatable bonds is 8. The molecule has 1 atom stereocenters. The molecule has 0 spiro atoms. The van der Waals surface area contributed by atoms with Gasteiger partial charge in [0.1, 0.15) is 0 Å². The van der Waals surface area contributed by atoms with Crippen LogP contribution in [0.1, 0.15) is 72.6 Å². The molecule has 5 rings (SSSR count). The number of carbonyl (C=O) groups is 2. The number of amides is 2. The number of piperidine rings is 1. The molecule has 0 bridgehead atoms. The highest BCUT2D eigenvalue weighted by molar-refractivity contribution is 6.32. The van der Waals surface area contributed by atoms with E-state index < -0.39 is 0 Å². The van der Waals surface area contributed by atoms with Crippen LogP contribution in [0.4, 0.5) is 11.4 Å². The summed E-state index contributed by atoms with van der Waals surface area (Å²) in [5, 5.41) is 9.51. The topological polar surface area (TPSA) is 73.5 Å². The second-order valence-electron chi connectivity index (χ2n) is 10.2. The number of benzene rings is 3. The van der Waals surface area contributed by atoms with E-state index in [0.29, 0.717) is 17.6 Å². The van der Waals surface area contributed by atoms with E-state index in [9.17, 15) is 9.59 Å². The minimum absolute atomic E-state index is 0.127. The van der Waals surface area contributed by atoms with Crippen molar-refractivity contribution in [3.63, 3.8) is 0 Å². The fourth-order valence-electron chi connectivity index (χ4n) is 5.28. The second-order valence-corrected chi connectivity index (χ2v) is 10.2. The van der Waals surface area contributed by atoms with Crippen molar-refractivity contribution < 1.29 is 9.59 Å². The van der Waals surface area contributed by atoms with Gasteiger partial charge in [-0.25, -0.2) is 0 Å². The van der Waals surface area contributed by atoms with Gasteiger partial charge in [0, 0.05) is 34.7 Å². The third-order valence-corrected chi connectivity index (χ3v) is 7.43. The van der Waals surface area contributed by atoms with Crippen molar-refractivity contribution in [2.75, 3.05) is 23.7 Å². The van der Waals surface area contributed by atoms with Crippen molar-refractivity contribution in [3.8, 4) is 0 Å². The smallest absolute Gasteiger partial charge is 0.258 e. The highest BCUT2D eigenvalue weighted by Crippen LogP contribution is 2.36. The molecule has 0 aliphatic carbocycles. The van der Waals surface area contributed by atoms with Crippen molar-refractivity contribution in [2.24, 2.45) is 0 Å². The van der Waals surface area contributed by atoms with Gasteiger partial charge < -0.3 is 16.0 Å². The summed E-state index contributed by atoms with van der Waals surface area (Å²) in [5.41, 5.74) is 6.71. The lowest BCUT2D eigenvalue weighted by molar-refractivity contribution is -0.110. The Kier molecular flexibility index (Phi) is 7.89. The van der Waals surface area contributed by atoms with E-state index in [0.717, 1.165) is 34.7 Å². The summed E-state index contributed by atoms with van der Waals surface area (Å²) in [7, 11) is 0. The maximum absolute atomic E-state index is 13.1. The molecule has 0 aromatic heterocycles. The van der Waals surface area contributed by atoms with E-state index in [2.05, 4.69) is 45.1 Å². The van der Waals surface area contributed by atoms with Crippen LogP contribution < -0.4 is 16.0 Å². The first-order valence-electron chi connectivity index (χ1n) is 13.6. The number of fused-ring (bicyclic) bond motifs is 1. The number of likely N-dealkylation sites (tertiary alicyclic amines) is 1. The van der Waals surface area contributed by atoms with Crippen molar-refractivity contribution in [2.45, 2.75) is 52.1 Å². The Morgan fingerprint density at radius 2 is 1.71 bits per heavy atom. The summed E-state index contributed by atoms with van der Waals surface area (Å²) in [5.74, 6) is -0.320. The maximum Gasteiger partial charge on any atom is 0.258 e. The van der Waals surface area contributed by atoms with Gasteiger partial charge in [-0.1, -0.05) is 55.8 Å². The summed E-state index contributed by atoms with van der Waals surface area (Å²) in [4.78, 5) is 28.6. The van der Waals surface area contributed by atoms with Crippen LogP contribution in [0.3, 0.4) is 0 Å². The summed E-state index contributed by atoms with van der Waals surface area (Å²) in [6.07, 6.45) is 4.56. The summed E-state index contributed by atoms with van der Waals surface area (Å²) >= 11 is 0. The number of allylic oxidation sites excluding steroid dienone is 1. The lowest BCUT2D eigenvalue weighted by atomic mass is 10.00. The standard InChI is InChI=1S/C32H36N4O2/c1-3-28(34-26-15-12-23(13-16-26)21-36-18-8-5-9-19-36)30-27-20-25(14-17-29(27)35-32(30)38)31(37)33-22(2)24-10-6-4-7-11-24/h4,6-7,10-17,20,22,34H,3,5,8-9,18-19,21H2,1-2H3,(H,33,37)(H,35,38)/t22-/m1/s1. The number of carbonyl (C=O) groups excluding carboxylic acids is 2. The molecule has 0 radical (unpaired) electrons. The lowest BCUT2D eigenvalue weighted by Gasteiger charge is -2.26. The van der Waals surface area contributed by atoms with Gasteiger partial charge in [-0.15, -0.1) is 0 Å². The Hall–Kier alpha value is -3.90. The molecule has 1 fully saturated rings. The average Bonchev–Trinajstić information content (AvgIpc) is 3.28. The molecule has 3 aromatic rings. The van der Waals surface area contributed by atoms with Gasteiger partial charge >= 0.3 is 0 Å². The van der Waals surface area contributed by atoms with Crippen molar-refractivity contribution in [3.05, 3.63) is 101 Å². The molecule has 6 nitrogen and oxygen atoms in total. The fraction of sp³-hybridized carbons (Fsp3) is 0.312. The molecule has 0 saturated carbocycles. The van der Waals surface area contributed by atoms with Crippen LogP contribution in [0, 0.1) is 0 Å². The number of nitrogens with zero attached hydrogens (tertiary/aromatic N) is 1. The molecule has 2 aliphatic rings. The highest BCUT2D eigenvalue weighted by Gasteiger charge is 2.28. The molecule has 1 saturated heterocycles. The first-order valence-corrected chi connectivity index (χ1v) is 13.6. The van der Waals surface area contributed by atoms with Crippen LogP contribution in [0.2, 0.25) is 0 Å².